The minimum atomic E-state index is 0.165. The van der Waals surface area contributed by atoms with Crippen LogP contribution in [0.25, 0.3) is 17.0 Å². The standard InChI is InChI=1S/C12H11ClN2O/c13-12-10-5-4-9(3-1-2-6-16)7-11(10)14-8-15-12/h1,3-5,7-8,16H,2,6H2. The zero-order valence-electron chi connectivity index (χ0n) is 8.60. The third kappa shape index (κ3) is 2.38. The number of fused-ring (bicyclic) bond motifs is 1. The van der Waals surface area contributed by atoms with Gasteiger partial charge in [-0.1, -0.05) is 29.8 Å². The van der Waals surface area contributed by atoms with E-state index in [0.29, 0.717) is 11.6 Å². The van der Waals surface area contributed by atoms with Crippen LogP contribution in [0.3, 0.4) is 0 Å². The minimum Gasteiger partial charge on any atom is -0.396 e. The number of halogens is 1. The highest BCUT2D eigenvalue weighted by molar-refractivity contribution is 6.34. The van der Waals surface area contributed by atoms with Gasteiger partial charge in [-0.25, -0.2) is 9.97 Å². The topological polar surface area (TPSA) is 46.0 Å². The molecule has 0 amide bonds. The van der Waals surface area contributed by atoms with Crippen LogP contribution in [0, 0.1) is 0 Å². The summed E-state index contributed by atoms with van der Waals surface area (Å²) < 4.78 is 0. The molecule has 16 heavy (non-hydrogen) atoms. The molecule has 1 aromatic heterocycles. The summed E-state index contributed by atoms with van der Waals surface area (Å²) in [6.07, 6.45) is 5.98. The molecular formula is C12H11ClN2O. The molecule has 4 heteroatoms. The molecule has 0 spiro atoms. The Kier molecular flexibility index (Phi) is 3.49. The Morgan fingerprint density at radius 2 is 2.19 bits per heavy atom. The molecule has 0 fully saturated rings. The molecule has 0 saturated carbocycles. The van der Waals surface area contributed by atoms with Gasteiger partial charge in [0.25, 0.3) is 0 Å². The smallest absolute Gasteiger partial charge is 0.140 e. The van der Waals surface area contributed by atoms with Crippen LogP contribution in [0.2, 0.25) is 5.15 Å². The van der Waals surface area contributed by atoms with E-state index in [0.717, 1.165) is 16.5 Å². The Morgan fingerprint density at radius 1 is 1.31 bits per heavy atom. The van der Waals surface area contributed by atoms with Crippen molar-refractivity contribution in [3.05, 3.63) is 41.3 Å². The normalized spacial score (nSPS) is 11.4. The molecule has 0 bridgehead atoms. The lowest BCUT2D eigenvalue weighted by Crippen LogP contribution is -1.84. The van der Waals surface area contributed by atoms with Crippen LogP contribution in [0.1, 0.15) is 12.0 Å². The highest BCUT2D eigenvalue weighted by Crippen LogP contribution is 2.20. The zero-order chi connectivity index (χ0) is 11.4. The Balaban J connectivity index is 2.37. The number of benzene rings is 1. The van der Waals surface area contributed by atoms with Gasteiger partial charge in [-0.05, 0) is 24.1 Å². The largest absolute Gasteiger partial charge is 0.396 e. The van der Waals surface area contributed by atoms with E-state index < -0.39 is 0 Å². The first-order valence-electron chi connectivity index (χ1n) is 4.99. The summed E-state index contributed by atoms with van der Waals surface area (Å²) in [5.74, 6) is 0. The maximum atomic E-state index is 8.66. The lowest BCUT2D eigenvalue weighted by Gasteiger charge is -1.99. The van der Waals surface area contributed by atoms with Crippen molar-refractivity contribution in [1.82, 2.24) is 9.97 Å². The van der Waals surface area contributed by atoms with Crippen LogP contribution in [0.5, 0.6) is 0 Å². The Hall–Kier alpha value is -1.45. The van der Waals surface area contributed by atoms with Crippen molar-refractivity contribution in [2.45, 2.75) is 6.42 Å². The molecule has 1 N–H and O–H groups in total. The van der Waals surface area contributed by atoms with E-state index in [4.69, 9.17) is 16.7 Å². The third-order valence-corrected chi connectivity index (χ3v) is 2.52. The summed E-state index contributed by atoms with van der Waals surface area (Å²) in [5, 5.41) is 9.98. The third-order valence-electron chi connectivity index (χ3n) is 2.22. The van der Waals surface area contributed by atoms with Crippen molar-refractivity contribution >= 4 is 28.6 Å². The van der Waals surface area contributed by atoms with Crippen LogP contribution in [-0.4, -0.2) is 21.7 Å². The molecule has 0 aliphatic rings. The average molecular weight is 235 g/mol. The first-order chi connectivity index (χ1) is 7.81. The lowest BCUT2D eigenvalue weighted by molar-refractivity contribution is 0.303. The van der Waals surface area contributed by atoms with Crippen LogP contribution >= 0.6 is 11.6 Å². The highest BCUT2D eigenvalue weighted by Gasteiger charge is 2.00. The molecule has 0 aliphatic carbocycles. The Bertz CT molecular complexity index is 525. The first kappa shape index (κ1) is 11.0. The Morgan fingerprint density at radius 3 is 3.00 bits per heavy atom. The number of aliphatic hydroxyl groups excluding tert-OH is 1. The lowest BCUT2D eigenvalue weighted by atomic mass is 10.1. The molecule has 1 heterocycles. The molecule has 0 unspecified atom stereocenters. The van der Waals surface area contributed by atoms with Crippen molar-refractivity contribution in [3.63, 3.8) is 0 Å². The molecule has 3 nitrogen and oxygen atoms in total. The van der Waals surface area contributed by atoms with Crippen LogP contribution in [0.4, 0.5) is 0 Å². The van der Waals surface area contributed by atoms with Crippen molar-refractivity contribution in [2.24, 2.45) is 0 Å². The Labute approximate surface area is 98.4 Å². The molecule has 82 valence electrons. The number of aromatic nitrogens is 2. The summed E-state index contributed by atoms with van der Waals surface area (Å²) in [7, 11) is 0. The maximum Gasteiger partial charge on any atom is 0.140 e. The fraction of sp³-hybridized carbons (Fsp3) is 0.167. The zero-order valence-corrected chi connectivity index (χ0v) is 9.35. The molecule has 2 aromatic rings. The number of aliphatic hydroxyl groups is 1. The molecular weight excluding hydrogens is 224 g/mol. The molecule has 0 atom stereocenters. The predicted molar refractivity (Wildman–Crippen MR) is 65.3 cm³/mol. The SMILES string of the molecule is OCCC=Cc1ccc2c(Cl)ncnc2c1. The number of hydrogen-bond acceptors (Lipinski definition) is 3. The number of hydrogen-bond donors (Lipinski definition) is 1. The van der Waals surface area contributed by atoms with Gasteiger partial charge in [-0.15, -0.1) is 0 Å². The van der Waals surface area contributed by atoms with Crippen molar-refractivity contribution in [1.29, 1.82) is 0 Å². The second-order valence-electron chi connectivity index (χ2n) is 3.36. The van der Waals surface area contributed by atoms with Gasteiger partial charge < -0.3 is 5.11 Å². The molecule has 0 aliphatic heterocycles. The molecule has 0 saturated heterocycles. The summed E-state index contributed by atoms with van der Waals surface area (Å²) in [5.41, 5.74) is 1.86. The van der Waals surface area contributed by atoms with E-state index in [1.165, 1.54) is 6.33 Å². The molecule has 1 aromatic carbocycles. The fourth-order valence-electron chi connectivity index (χ4n) is 1.44. The second-order valence-corrected chi connectivity index (χ2v) is 3.71. The summed E-state index contributed by atoms with van der Waals surface area (Å²) in [6, 6.07) is 5.79. The summed E-state index contributed by atoms with van der Waals surface area (Å²) in [6.45, 7) is 0.165. The fourth-order valence-corrected chi connectivity index (χ4v) is 1.64. The molecule has 0 radical (unpaired) electrons. The van der Waals surface area contributed by atoms with Crippen molar-refractivity contribution in [3.8, 4) is 0 Å². The second kappa shape index (κ2) is 5.05. The highest BCUT2D eigenvalue weighted by atomic mass is 35.5. The van der Waals surface area contributed by atoms with E-state index in [2.05, 4.69) is 9.97 Å². The van der Waals surface area contributed by atoms with Crippen LogP contribution in [-0.2, 0) is 0 Å². The van der Waals surface area contributed by atoms with E-state index in [1.54, 1.807) is 0 Å². The van der Waals surface area contributed by atoms with Gasteiger partial charge >= 0.3 is 0 Å². The van der Waals surface area contributed by atoms with Crippen molar-refractivity contribution in [2.75, 3.05) is 6.61 Å². The van der Waals surface area contributed by atoms with E-state index in [-0.39, 0.29) is 6.61 Å². The van der Waals surface area contributed by atoms with Gasteiger partial charge in [-0.2, -0.15) is 0 Å². The van der Waals surface area contributed by atoms with Gasteiger partial charge in [0.1, 0.15) is 11.5 Å². The van der Waals surface area contributed by atoms with E-state index >= 15 is 0 Å². The quantitative estimate of drug-likeness (QED) is 0.831. The van der Waals surface area contributed by atoms with Gasteiger partial charge in [0.05, 0.1) is 5.52 Å². The molecule has 2 rings (SSSR count). The van der Waals surface area contributed by atoms with E-state index in [9.17, 15) is 0 Å². The minimum absolute atomic E-state index is 0.165. The van der Waals surface area contributed by atoms with Gasteiger partial charge in [0.15, 0.2) is 0 Å². The van der Waals surface area contributed by atoms with Crippen molar-refractivity contribution < 1.29 is 5.11 Å². The summed E-state index contributed by atoms with van der Waals surface area (Å²) >= 11 is 5.93. The van der Waals surface area contributed by atoms with Crippen LogP contribution < -0.4 is 0 Å². The monoisotopic (exact) mass is 234 g/mol. The van der Waals surface area contributed by atoms with Gasteiger partial charge in [0.2, 0.25) is 0 Å². The first-order valence-corrected chi connectivity index (χ1v) is 5.37. The summed E-state index contributed by atoms with van der Waals surface area (Å²) in [4.78, 5) is 8.07. The maximum absolute atomic E-state index is 8.66. The van der Waals surface area contributed by atoms with Gasteiger partial charge in [0, 0.05) is 12.0 Å². The van der Waals surface area contributed by atoms with E-state index in [1.807, 2.05) is 30.4 Å². The number of rotatable bonds is 3. The van der Waals surface area contributed by atoms with Crippen LogP contribution in [0.15, 0.2) is 30.6 Å². The predicted octanol–water partition coefficient (Wildman–Crippen LogP) is 2.68. The van der Waals surface area contributed by atoms with Gasteiger partial charge in [-0.3, -0.25) is 0 Å². The average Bonchev–Trinajstić information content (AvgIpc) is 2.30. The number of nitrogens with zero attached hydrogens (tertiary/aromatic N) is 2.